The summed E-state index contributed by atoms with van der Waals surface area (Å²) in [4.78, 5) is 15.1. The normalized spacial score (nSPS) is 12.2. The smallest absolute Gasteiger partial charge is 0.262 e. The van der Waals surface area contributed by atoms with Gasteiger partial charge in [-0.25, -0.2) is 0 Å². The van der Waals surface area contributed by atoms with Crippen molar-refractivity contribution < 1.29 is 4.79 Å². The number of aromatic nitrogens is 1. The highest BCUT2D eigenvalue weighted by molar-refractivity contribution is 6.02. The number of nitriles is 1. The van der Waals surface area contributed by atoms with Crippen LogP contribution in [0, 0.1) is 25.2 Å². The molecule has 0 aliphatic rings. The van der Waals surface area contributed by atoms with E-state index in [-0.39, 0.29) is 17.5 Å². The molecular weight excluding hydrogens is 408 g/mol. The summed E-state index contributed by atoms with van der Waals surface area (Å²) in [5.74, 6) is -0.373. The van der Waals surface area contributed by atoms with Gasteiger partial charge in [-0.2, -0.15) is 5.26 Å². The number of nitrogens with one attached hydrogen (secondary N) is 1. The average molecular weight is 441 g/mol. The lowest BCUT2D eigenvalue weighted by Gasteiger charge is -2.21. The van der Waals surface area contributed by atoms with Crippen LogP contribution >= 0.6 is 0 Å². The predicted octanol–water partition coefficient (Wildman–Crippen LogP) is 5.72. The number of hydrogen-bond acceptors (Lipinski definition) is 3. The summed E-state index contributed by atoms with van der Waals surface area (Å²) in [7, 11) is 0. The van der Waals surface area contributed by atoms with E-state index in [4.69, 9.17) is 0 Å². The lowest BCUT2D eigenvalue weighted by molar-refractivity contribution is -0.117. The Morgan fingerprint density at radius 1 is 1.09 bits per heavy atom. The molecule has 1 heterocycles. The second-order valence-electron chi connectivity index (χ2n) is 8.13. The Bertz CT molecular complexity index is 1160. The molecule has 170 valence electrons. The highest BCUT2D eigenvalue weighted by atomic mass is 16.1. The second-order valence-corrected chi connectivity index (χ2v) is 8.13. The topological polar surface area (TPSA) is 61.1 Å². The molecule has 1 atom stereocenters. The Morgan fingerprint density at radius 3 is 2.30 bits per heavy atom. The van der Waals surface area contributed by atoms with Gasteiger partial charge in [0.05, 0.1) is 6.04 Å². The van der Waals surface area contributed by atoms with Gasteiger partial charge in [0.15, 0.2) is 0 Å². The van der Waals surface area contributed by atoms with E-state index in [1.54, 1.807) is 6.08 Å². The van der Waals surface area contributed by atoms with Crippen molar-refractivity contribution in [3.8, 4) is 11.8 Å². The van der Waals surface area contributed by atoms with Crippen LogP contribution in [-0.2, 0) is 4.79 Å². The highest BCUT2D eigenvalue weighted by Gasteiger charge is 2.16. The maximum atomic E-state index is 12.8. The molecular formula is C28H32N4O. The van der Waals surface area contributed by atoms with Gasteiger partial charge in [-0.3, -0.25) is 4.79 Å². The van der Waals surface area contributed by atoms with Crippen LogP contribution < -0.4 is 10.2 Å². The molecule has 3 rings (SSSR count). The van der Waals surface area contributed by atoms with Gasteiger partial charge < -0.3 is 14.8 Å². The number of carbonyl (C=O) groups excluding carboxylic acids is 1. The van der Waals surface area contributed by atoms with E-state index in [0.29, 0.717) is 0 Å². The SMILES string of the molecule is CCN(CC)c1ccc(-n2c(C)cc(/C=C(/C#N)C(=O)N[C@H](C)c3ccccc3)c2C)cc1. The molecule has 33 heavy (non-hydrogen) atoms. The second kappa shape index (κ2) is 10.7. The Balaban J connectivity index is 1.86. The molecule has 0 saturated heterocycles. The molecule has 0 radical (unpaired) electrons. The number of nitrogens with zero attached hydrogens (tertiary/aromatic N) is 3. The van der Waals surface area contributed by atoms with E-state index in [0.717, 1.165) is 41.3 Å². The summed E-state index contributed by atoms with van der Waals surface area (Å²) in [6.07, 6.45) is 1.68. The minimum Gasteiger partial charge on any atom is -0.372 e. The van der Waals surface area contributed by atoms with Gasteiger partial charge in [-0.15, -0.1) is 0 Å². The van der Waals surface area contributed by atoms with E-state index in [2.05, 4.69) is 59.0 Å². The van der Waals surface area contributed by atoms with Crippen LogP contribution in [0.5, 0.6) is 0 Å². The fraction of sp³-hybridized carbons (Fsp3) is 0.286. The van der Waals surface area contributed by atoms with Crippen LogP contribution in [0.2, 0.25) is 0 Å². The summed E-state index contributed by atoms with van der Waals surface area (Å²) < 4.78 is 2.15. The van der Waals surface area contributed by atoms with Crippen LogP contribution in [0.25, 0.3) is 11.8 Å². The van der Waals surface area contributed by atoms with E-state index < -0.39 is 0 Å². The lowest BCUT2D eigenvalue weighted by Crippen LogP contribution is -2.27. The number of carbonyl (C=O) groups is 1. The van der Waals surface area contributed by atoms with Crippen LogP contribution in [0.4, 0.5) is 5.69 Å². The van der Waals surface area contributed by atoms with Gasteiger partial charge in [0.1, 0.15) is 11.6 Å². The molecule has 5 heteroatoms. The monoisotopic (exact) mass is 440 g/mol. The molecule has 0 aliphatic heterocycles. The Labute approximate surface area is 197 Å². The van der Waals surface area contributed by atoms with Crippen molar-refractivity contribution in [2.24, 2.45) is 0 Å². The third-order valence-corrected chi connectivity index (χ3v) is 6.02. The first-order valence-corrected chi connectivity index (χ1v) is 11.4. The van der Waals surface area contributed by atoms with Crippen molar-refractivity contribution in [1.29, 1.82) is 5.26 Å². The molecule has 0 saturated carbocycles. The van der Waals surface area contributed by atoms with Crippen LogP contribution in [-0.4, -0.2) is 23.6 Å². The summed E-state index contributed by atoms with van der Waals surface area (Å²) in [6, 6.07) is 22.1. The maximum absolute atomic E-state index is 12.8. The minimum atomic E-state index is -0.373. The number of rotatable bonds is 8. The number of anilines is 1. The van der Waals surface area contributed by atoms with Gasteiger partial charge >= 0.3 is 0 Å². The largest absolute Gasteiger partial charge is 0.372 e. The van der Waals surface area contributed by atoms with Crippen molar-refractivity contribution in [3.05, 3.63) is 88.8 Å². The van der Waals surface area contributed by atoms with Gasteiger partial charge in [0, 0.05) is 35.9 Å². The molecule has 0 unspecified atom stereocenters. The van der Waals surface area contributed by atoms with Crippen LogP contribution in [0.15, 0.2) is 66.2 Å². The molecule has 0 aliphatic carbocycles. The predicted molar refractivity (Wildman–Crippen MR) is 135 cm³/mol. The Hall–Kier alpha value is -3.78. The summed E-state index contributed by atoms with van der Waals surface area (Å²) >= 11 is 0. The summed E-state index contributed by atoms with van der Waals surface area (Å²) in [5.41, 5.74) is 6.23. The van der Waals surface area contributed by atoms with Gasteiger partial charge in [0.2, 0.25) is 0 Å². The maximum Gasteiger partial charge on any atom is 0.262 e. The van der Waals surface area contributed by atoms with Crippen molar-refractivity contribution in [3.63, 3.8) is 0 Å². The lowest BCUT2D eigenvalue weighted by atomic mass is 10.1. The standard InChI is InChI=1S/C28H32N4O/c1-6-31(7-2)26-13-15-27(16-14-26)32-20(3)17-24(22(32)5)18-25(19-29)28(33)30-21(4)23-11-9-8-10-12-23/h8-18,21H,6-7H2,1-5H3,(H,30,33)/b25-18-/t21-/m1/s1. The zero-order valence-electron chi connectivity index (χ0n) is 20.1. The molecule has 1 aromatic heterocycles. The number of amides is 1. The van der Waals surface area contributed by atoms with Crippen molar-refractivity contribution in [1.82, 2.24) is 9.88 Å². The molecule has 0 fully saturated rings. The van der Waals surface area contributed by atoms with E-state index in [1.165, 1.54) is 5.69 Å². The van der Waals surface area contributed by atoms with Crippen molar-refractivity contribution in [2.45, 2.75) is 40.7 Å². The quantitative estimate of drug-likeness (QED) is 0.360. The van der Waals surface area contributed by atoms with E-state index in [9.17, 15) is 10.1 Å². The van der Waals surface area contributed by atoms with Gasteiger partial charge in [0.25, 0.3) is 5.91 Å². The molecule has 0 spiro atoms. The third kappa shape index (κ3) is 5.35. The zero-order valence-corrected chi connectivity index (χ0v) is 20.1. The van der Waals surface area contributed by atoms with Crippen LogP contribution in [0.3, 0.4) is 0 Å². The van der Waals surface area contributed by atoms with Gasteiger partial charge in [-0.1, -0.05) is 30.3 Å². The molecule has 1 amide bonds. The minimum absolute atomic E-state index is 0.0925. The molecule has 2 aromatic carbocycles. The summed E-state index contributed by atoms with van der Waals surface area (Å²) in [5, 5.41) is 12.6. The fourth-order valence-corrected chi connectivity index (χ4v) is 4.14. The van der Waals surface area contributed by atoms with Crippen LogP contribution in [0.1, 0.15) is 49.3 Å². The average Bonchev–Trinajstić information content (AvgIpc) is 3.11. The number of aryl methyl sites for hydroxylation is 1. The number of hydrogen-bond donors (Lipinski definition) is 1. The summed E-state index contributed by atoms with van der Waals surface area (Å²) in [6.45, 7) is 12.2. The van der Waals surface area contributed by atoms with E-state index in [1.807, 2.05) is 57.2 Å². The third-order valence-electron chi connectivity index (χ3n) is 6.02. The van der Waals surface area contributed by atoms with E-state index >= 15 is 0 Å². The Kier molecular flexibility index (Phi) is 7.74. The highest BCUT2D eigenvalue weighted by Crippen LogP contribution is 2.25. The zero-order chi connectivity index (χ0) is 24.0. The molecule has 3 aromatic rings. The fourth-order valence-electron chi connectivity index (χ4n) is 4.14. The molecule has 0 bridgehead atoms. The number of benzene rings is 2. The van der Waals surface area contributed by atoms with Gasteiger partial charge in [-0.05, 0) is 82.2 Å². The first-order chi connectivity index (χ1) is 15.9. The molecule has 1 N–H and O–H groups in total. The molecule has 5 nitrogen and oxygen atoms in total. The first-order valence-electron chi connectivity index (χ1n) is 11.4. The Morgan fingerprint density at radius 2 is 1.73 bits per heavy atom. The van der Waals surface area contributed by atoms with Crippen molar-refractivity contribution >= 4 is 17.7 Å². The first kappa shape index (κ1) is 23.9. The van der Waals surface area contributed by atoms with Crippen molar-refractivity contribution in [2.75, 3.05) is 18.0 Å².